The lowest BCUT2D eigenvalue weighted by atomic mass is 10.0. The molecule has 0 spiro atoms. The van der Waals surface area contributed by atoms with Crippen LogP contribution in [0.15, 0.2) is 79.0 Å². The van der Waals surface area contributed by atoms with Crippen LogP contribution in [-0.4, -0.2) is 22.8 Å². The number of carbonyl (C=O) groups is 2. The first-order valence-electron chi connectivity index (χ1n) is 11.4. The van der Waals surface area contributed by atoms with Gasteiger partial charge in [-0.15, -0.1) is 0 Å². The second-order valence-corrected chi connectivity index (χ2v) is 8.59. The minimum Gasteiger partial charge on any atom is -0.361 e. The summed E-state index contributed by atoms with van der Waals surface area (Å²) in [5, 5.41) is 5.79. The number of benzene rings is 3. The van der Waals surface area contributed by atoms with Gasteiger partial charge in [0.15, 0.2) is 0 Å². The van der Waals surface area contributed by atoms with Crippen molar-refractivity contribution < 1.29 is 35.9 Å². The number of fused-ring (bicyclic) bond motifs is 1. The van der Waals surface area contributed by atoms with Crippen LogP contribution in [0, 0.1) is 0 Å². The summed E-state index contributed by atoms with van der Waals surface area (Å²) in [5.74, 6) is -1.34. The van der Waals surface area contributed by atoms with Crippen LogP contribution in [0.5, 0.6) is 0 Å². The fourth-order valence-corrected chi connectivity index (χ4v) is 3.99. The summed E-state index contributed by atoms with van der Waals surface area (Å²) in [7, 11) is 0. The number of rotatable bonds is 7. The van der Waals surface area contributed by atoms with E-state index in [0.717, 1.165) is 10.9 Å². The van der Waals surface area contributed by atoms with E-state index in [4.69, 9.17) is 0 Å². The summed E-state index contributed by atoms with van der Waals surface area (Å²) in [6.07, 6.45) is -8.34. The van der Waals surface area contributed by atoms with Gasteiger partial charge in [0.05, 0.1) is 11.1 Å². The second-order valence-electron chi connectivity index (χ2n) is 8.59. The highest BCUT2D eigenvalue weighted by atomic mass is 19.4. The monoisotopic (exact) mass is 533 g/mol. The Labute approximate surface area is 212 Å². The highest BCUT2D eigenvalue weighted by Gasteiger charge is 2.37. The zero-order valence-electron chi connectivity index (χ0n) is 19.6. The molecule has 5 nitrogen and oxygen atoms in total. The Morgan fingerprint density at radius 1 is 0.816 bits per heavy atom. The van der Waals surface area contributed by atoms with Crippen molar-refractivity contribution in [1.82, 2.24) is 15.6 Å². The number of hydrogen-bond acceptors (Lipinski definition) is 2. The Balaban J connectivity index is 1.58. The van der Waals surface area contributed by atoms with Crippen LogP contribution >= 0.6 is 0 Å². The van der Waals surface area contributed by atoms with Crippen molar-refractivity contribution in [3.05, 3.63) is 107 Å². The molecule has 0 radical (unpaired) electrons. The SMILES string of the molecule is O=C(NC(Cc1c[nH]c2ccccc12)C(=O)NCc1cc(C(F)(F)F)cc(C(F)(F)F)c1)c1ccccc1. The number of aromatic nitrogens is 1. The molecule has 0 aliphatic heterocycles. The Kier molecular flexibility index (Phi) is 7.47. The van der Waals surface area contributed by atoms with Crippen molar-refractivity contribution >= 4 is 22.7 Å². The number of aromatic amines is 1. The fourth-order valence-electron chi connectivity index (χ4n) is 3.99. The van der Waals surface area contributed by atoms with Crippen molar-refractivity contribution in [3.8, 4) is 0 Å². The maximum absolute atomic E-state index is 13.2. The summed E-state index contributed by atoms with van der Waals surface area (Å²) in [6.45, 7) is -0.614. The van der Waals surface area contributed by atoms with E-state index in [1.54, 1.807) is 30.5 Å². The summed E-state index contributed by atoms with van der Waals surface area (Å²) < 4.78 is 79.2. The lowest BCUT2D eigenvalue weighted by Gasteiger charge is -2.19. The van der Waals surface area contributed by atoms with Crippen LogP contribution in [0.1, 0.15) is 32.6 Å². The van der Waals surface area contributed by atoms with E-state index in [9.17, 15) is 35.9 Å². The van der Waals surface area contributed by atoms with Gasteiger partial charge in [-0.05, 0) is 47.5 Å². The van der Waals surface area contributed by atoms with Crippen LogP contribution in [0.2, 0.25) is 0 Å². The third kappa shape index (κ3) is 6.34. The average molecular weight is 533 g/mol. The van der Waals surface area contributed by atoms with E-state index in [1.807, 2.05) is 18.2 Å². The van der Waals surface area contributed by atoms with Gasteiger partial charge >= 0.3 is 12.4 Å². The molecule has 0 saturated heterocycles. The normalized spacial score (nSPS) is 12.8. The van der Waals surface area contributed by atoms with E-state index in [1.165, 1.54) is 12.1 Å². The minimum absolute atomic E-state index is 0.0187. The lowest BCUT2D eigenvalue weighted by molar-refractivity contribution is -0.143. The first kappa shape index (κ1) is 26.8. The molecule has 1 unspecified atom stereocenters. The number of halogens is 6. The van der Waals surface area contributed by atoms with Crippen LogP contribution in [-0.2, 0) is 30.1 Å². The molecule has 1 aromatic heterocycles. The predicted molar refractivity (Wildman–Crippen MR) is 128 cm³/mol. The zero-order chi connectivity index (χ0) is 27.5. The largest absolute Gasteiger partial charge is 0.416 e. The molecule has 38 heavy (non-hydrogen) atoms. The standard InChI is InChI=1S/C27H21F6N3O2/c28-26(29,30)19-10-16(11-20(13-19)27(31,32)33)14-35-25(38)23(36-24(37)17-6-2-1-3-7-17)12-18-15-34-22-9-5-4-8-21(18)22/h1-11,13,15,23,34H,12,14H2,(H,35,38)(H,36,37). The number of hydrogen-bond donors (Lipinski definition) is 3. The van der Waals surface area contributed by atoms with Gasteiger partial charge in [0.25, 0.3) is 5.91 Å². The number of H-pyrrole nitrogens is 1. The Hall–Kier alpha value is -4.28. The van der Waals surface area contributed by atoms with E-state index in [-0.39, 0.29) is 23.6 Å². The third-order valence-electron chi connectivity index (χ3n) is 5.87. The maximum Gasteiger partial charge on any atom is 0.416 e. The van der Waals surface area contributed by atoms with E-state index in [0.29, 0.717) is 17.7 Å². The minimum atomic E-state index is -5.01. The number of amides is 2. The second kappa shape index (κ2) is 10.6. The molecule has 1 atom stereocenters. The van der Waals surface area contributed by atoms with Crippen LogP contribution in [0.4, 0.5) is 26.3 Å². The van der Waals surface area contributed by atoms with Crippen molar-refractivity contribution in [2.24, 2.45) is 0 Å². The van der Waals surface area contributed by atoms with Crippen molar-refractivity contribution in [1.29, 1.82) is 0 Å². The number of alkyl halides is 6. The van der Waals surface area contributed by atoms with E-state index < -0.39 is 47.9 Å². The Bertz CT molecular complexity index is 1410. The van der Waals surface area contributed by atoms with Crippen LogP contribution < -0.4 is 10.6 Å². The highest BCUT2D eigenvalue weighted by Crippen LogP contribution is 2.36. The summed E-state index contributed by atoms with van der Waals surface area (Å²) in [4.78, 5) is 29.0. The first-order valence-corrected chi connectivity index (χ1v) is 11.4. The number of carbonyl (C=O) groups excluding carboxylic acids is 2. The van der Waals surface area contributed by atoms with Gasteiger partial charge in [-0.3, -0.25) is 9.59 Å². The molecule has 198 valence electrons. The zero-order valence-corrected chi connectivity index (χ0v) is 19.6. The highest BCUT2D eigenvalue weighted by molar-refractivity contribution is 5.97. The van der Waals surface area contributed by atoms with Gasteiger partial charge in [0, 0.05) is 35.6 Å². The van der Waals surface area contributed by atoms with Crippen molar-refractivity contribution in [2.75, 3.05) is 0 Å². The average Bonchev–Trinajstić information content (AvgIpc) is 3.29. The number of para-hydroxylation sites is 1. The van der Waals surface area contributed by atoms with E-state index in [2.05, 4.69) is 15.6 Å². The molecule has 0 aliphatic rings. The smallest absolute Gasteiger partial charge is 0.361 e. The van der Waals surface area contributed by atoms with Crippen LogP contribution in [0.25, 0.3) is 10.9 Å². The van der Waals surface area contributed by atoms with Gasteiger partial charge in [0.2, 0.25) is 5.91 Å². The molecule has 11 heteroatoms. The molecule has 4 aromatic rings. The van der Waals surface area contributed by atoms with Gasteiger partial charge in [0.1, 0.15) is 6.04 Å². The van der Waals surface area contributed by atoms with Crippen molar-refractivity contribution in [3.63, 3.8) is 0 Å². The third-order valence-corrected chi connectivity index (χ3v) is 5.87. The quantitative estimate of drug-likeness (QED) is 0.260. The van der Waals surface area contributed by atoms with Gasteiger partial charge in [-0.1, -0.05) is 36.4 Å². The fraction of sp³-hybridized carbons (Fsp3) is 0.185. The van der Waals surface area contributed by atoms with Gasteiger partial charge in [-0.25, -0.2) is 0 Å². The molecule has 1 heterocycles. The summed E-state index contributed by atoms with van der Waals surface area (Å²) in [5.41, 5.74) is -1.60. The molecule has 3 N–H and O–H groups in total. The molecule has 3 aromatic carbocycles. The maximum atomic E-state index is 13.2. The molecule has 2 amide bonds. The molecule has 0 fully saturated rings. The van der Waals surface area contributed by atoms with E-state index >= 15 is 0 Å². The molecule has 4 rings (SSSR count). The molecular formula is C27H21F6N3O2. The number of nitrogens with one attached hydrogen (secondary N) is 3. The summed E-state index contributed by atoms with van der Waals surface area (Å²) >= 11 is 0. The Morgan fingerprint density at radius 3 is 2.05 bits per heavy atom. The topological polar surface area (TPSA) is 74.0 Å². The van der Waals surface area contributed by atoms with Crippen molar-refractivity contribution in [2.45, 2.75) is 31.4 Å². The lowest BCUT2D eigenvalue weighted by Crippen LogP contribution is -2.47. The van der Waals surface area contributed by atoms with Crippen LogP contribution in [0.3, 0.4) is 0 Å². The Morgan fingerprint density at radius 2 is 1.42 bits per heavy atom. The molecule has 0 aliphatic carbocycles. The van der Waals surface area contributed by atoms with Gasteiger partial charge in [-0.2, -0.15) is 26.3 Å². The van der Waals surface area contributed by atoms with Gasteiger partial charge < -0.3 is 15.6 Å². The first-order chi connectivity index (χ1) is 17.9. The predicted octanol–water partition coefficient (Wildman–Crippen LogP) is 5.86. The summed E-state index contributed by atoms with van der Waals surface area (Å²) in [6, 6.07) is 15.2. The molecule has 0 bridgehead atoms. The molecule has 0 saturated carbocycles. The molecular weight excluding hydrogens is 512 g/mol.